The number of methoxy groups -OCH3 is 1. The van der Waals surface area contributed by atoms with Crippen molar-refractivity contribution in [2.24, 2.45) is 23.7 Å². The maximum Gasteiger partial charge on any atom is 0.316 e. The van der Waals surface area contributed by atoms with E-state index in [2.05, 4.69) is 52.8 Å². The SMILES string of the molecule is CC.CC.CC.CC.CC.CCO[C@@H]1/C(C)=C/C[C@@H]2C[C@@H](C[C@]3(C=C[C@H](C)[C@@H](C(C)CC)O3)O2)OC(=O)[C@@H]2C=C(C)[C@@H](OC)[C@H]3OC/C(=C\C=C\[C@@H]1C)[C@]32O. The van der Waals surface area contributed by atoms with Crippen molar-refractivity contribution in [1.29, 1.82) is 0 Å². The second kappa shape index (κ2) is 26.8. The van der Waals surface area contributed by atoms with Crippen molar-refractivity contribution >= 4 is 5.97 Å². The molecule has 0 radical (unpaired) electrons. The van der Waals surface area contributed by atoms with Crippen molar-refractivity contribution < 1.29 is 38.3 Å². The number of carbonyl (C=O) groups is 1. The molecule has 12 atom stereocenters. The molecule has 0 saturated carbocycles. The predicted molar refractivity (Wildman–Crippen MR) is 229 cm³/mol. The smallest absolute Gasteiger partial charge is 0.316 e. The van der Waals surface area contributed by atoms with E-state index < -0.39 is 41.6 Å². The van der Waals surface area contributed by atoms with E-state index in [1.165, 1.54) is 0 Å². The van der Waals surface area contributed by atoms with Crippen LogP contribution in [0.1, 0.15) is 143 Å². The van der Waals surface area contributed by atoms with Gasteiger partial charge in [-0.1, -0.05) is 140 Å². The summed E-state index contributed by atoms with van der Waals surface area (Å²) in [5.74, 6) is -1.79. The Morgan fingerprint density at radius 1 is 0.891 bits per heavy atom. The van der Waals surface area contributed by atoms with E-state index in [9.17, 15) is 9.90 Å². The normalized spacial score (nSPS) is 38.1. The molecule has 8 nitrogen and oxygen atoms in total. The average Bonchev–Trinajstić information content (AvgIpc) is 3.55. The second-order valence-corrected chi connectivity index (χ2v) is 13.8. The number of ether oxygens (including phenoxy) is 6. The lowest BCUT2D eigenvalue weighted by molar-refractivity contribution is -0.300. The molecule has 1 spiro atoms. The van der Waals surface area contributed by atoms with E-state index in [0.717, 1.165) is 17.6 Å². The highest BCUT2D eigenvalue weighted by molar-refractivity contribution is 5.78. The summed E-state index contributed by atoms with van der Waals surface area (Å²) in [5, 5.41) is 12.4. The first-order valence-electron chi connectivity index (χ1n) is 21.9. The zero-order valence-electron chi connectivity index (χ0n) is 38.4. The molecule has 0 amide bonds. The molecule has 0 aromatic carbocycles. The summed E-state index contributed by atoms with van der Waals surface area (Å²) in [4.78, 5) is 14.2. The van der Waals surface area contributed by atoms with Gasteiger partial charge in [-0.05, 0) is 55.9 Å². The third kappa shape index (κ3) is 13.0. The lowest BCUT2D eigenvalue weighted by Gasteiger charge is -2.48. The number of hydrogen-bond donors (Lipinski definition) is 1. The number of aliphatic hydroxyl groups is 1. The molecule has 4 heterocycles. The molecule has 4 aliphatic heterocycles. The summed E-state index contributed by atoms with van der Waals surface area (Å²) >= 11 is 0. The number of carbonyl (C=O) groups excluding carboxylic acids is 1. The Bertz CT molecular complexity index is 1240. The van der Waals surface area contributed by atoms with Crippen LogP contribution in [-0.4, -0.2) is 79.4 Å². The molecule has 1 unspecified atom stereocenters. The molecule has 5 aliphatic rings. The van der Waals surface area contributed by atoms with Crippen molar-refractivity contribution in [3.8, 4) is 0 Å². The van der Waals surface area contributed by atoms with Gasteiger partial charge in [-0.25, -0.2) is 0 Å². The molecule has 0 aromatic rings. The van der Waals surface area contributed by atoms with Crippen molar-refractivity contribution in [2.45, 2.75) is 191 Å². The third-order valence-corrected chi connectivity index (χ3v) is 10.6. The van der Waals surface area contributed by atoms with Gasteiger partial charge in [0.05, 0.1) is 24.9 Å². The van der Waals surface area contributed by atoms with Gasteiger partial charge in [0.25, 0.3) is 0 Å². The number of rotatable bonds is 5. The van der Waals surface area contributed by atoms with Crippen LogP contribution in [0.3, 0.4) is 0 Å². The van der Waals surface area contributed by atoms with Crippen molar-refractivity contribution in [3.05, 3.63) is 59.3 Å². The van der Waals surface area contributed by atoms with Gasteiger partial charge in [0.2, 0.25) is 0 Å². The van der Waals surface area contributed by atoms with Gasteiger partial charge in [0, 0.05) is 38.4 Å². The highest BCUT2D eigenvalue weighted by Crippen LogP contribution is 2.47. The maximum absolute atomic E-state index is 14.2. The Kier molecular flexibility index (Phi) is 25.8. The minimum absolute atomic E-state index is 0.0140. The Balaban J connectivity index is 0.00000270. The van der Waals surface area contributed by atoms with Gasteiger partial charge in [-0.3, -0.25) is 4.79 Å². The molecule has 8 heteroatoms. The monoisotopic (exact) mass is 777 g/mol. The van der Waals surface area contributed by atoms with Crippen molar-refractivity contribution in [3.63, 3.8) is 0 Å². The fraction of sp³-hybridized carbons (Fsp3) is 0.766. The third-order valence-electron chi connectivity index (χ3n) is 10.6. The van der Waals surface area contributed by atoms with Crippen LogP contribution in [-0.2, 0) is 33.2 Å². The largest absolute Gasteiger partial charge is 0.462 e. The lowest BCUT2D eigenvalue weighted by atomic mass is 9.70. The Morgan fingerprint density at radius 2 is 1.53 bits per heavy atom. The van der Waals surface area contributed by atoms with Gasteiger partial charge in [-0.15, -0.1) is 0 Å². The molecular formula is C47H84O8. The van der Waals surface area contributed by atoms with Crippen LogP contribution < -0.4 is 0 Å². The van der Waals surface area contributed by atoms with Crippen molar-refractivity contribution in [2.75, 3.05) is 20.3 Å². The first-order valence-corrected chi connectivity index (χ1v) is 21.9. The lowest BCUT2D eigenvalue weighted by Crippen LogP contribution is -2.58. The summed E-state index contributed by atoms with van der Waals surface area (Å²) in [6.45, 7) is 35.5. The molecule has 2 bridgehead atoms. The zero-order valence-corrected chi connectivity index (χ0v) is 38.4. The Labute approximate surface area is 338 Å². The van der Waals surface area contributed by atoms with E-state index >= 15 is 0 Å². The molecular weight excluding hydrogens is 693 g/mol. The number of allylic oxidation sites excluding steroid dienone is 2. The van der Waals surface area contributed by atoms with Gasteiger partial charge < -0.3 is 33.5 Å². The fourth-order valence-corrected chi connectivity index (χ4v) is 7.90. The standard InChI is InChI=1S/C37H54O8.5C2H6/c1-9-22(3)32-25(6)16-17-36(45-32)20-29-19-28(44-36)15-14-24(5)31(41-10-2)23(4)12-11-13-27-21-42-34-33(40-8)26(7)18-30(35(38)43-29)37(27,34)39;5*1-2/h11-14,16-18,22-23,25,28-34,39H,9-10,15,19-21H2,1-8H3;5*1-2H3/b12-11+,24-14+,27-13+;;;;;/t22?,23-,25-,28+,29-,30-,31-,32+,33+,34+,36+,37+;;;;;/m0...../s1. The number of fused-ring (bicyclic) bond motifs is 2. The first-order chi connectivity index (χ1) is 26.5. The van der Waals surface area contributed by atoms with Crippen LogP contribution in [0, 0.1) is 23.7 Å². The highest BCUT2D eigenvalue weighted by Gasteiger charge is 2.60. The van der Waals surface area contributed by atoms with Gasteiger partial charge in [0.1, 0.15) is 29.8 Å². The van der Waals surface area contributed by atoms with E-state index in [4.69, 9.17) is 28.4 Å². The van der Waals surface area contributed by atoms with Crippen LogP contribution in [0.15, 0.2) is 59.3 Å². The van der Waals surface area contributed by atoms with E-state index in [0.29, 0.717) is 37.4 Å². The quantitative estimate of drug-likeness (QED) is 0.218. The van der Waals surface area contributed by atoms with Crippen LogP contribution >= 0.6 is 0 Å². The highest BCUT2D eigenvalue weighted by atomic mass is 16.7. The second-order valence-electron chi connectivity index (χ2n) is 13.8. The van der Waals surface area contributed by atoms with E-state index in [1.54, 1.807) is 13.2 Å². The minimum atomic E-state index is -1.61. The van der Waals surface area contributed by atoms with Crippen molar-refractivity contribution in [1.82, 2.24) is 0 Å². The molecule has 5 rings (SSSR count). The van der Waals surface area contributed by atoms with Crippen LogP contribution in [0.5, 0.6) is 0 Å². The van der Waals surface area contributed by atoms with Crippen LogP contribution in [0.2, 0.25) is 0 Å². The summed E-state index contributed by atoms with van der Waals surface area (Å²) in [7, 11) is 1.60. The summed E-state index contributed by atoms with van der Waals surface area (Å²) in [6, 6.07) is 0. The summed E-state index contributed by atoms with van der Waals surface area (Å²) < 4.78 is 38.1. The molecule has 0 aromatic heterocycles. The van der Waals surface area contributed by atoms with Gasteiger partial charge in [0.15, 0.2) is 5.79 Å². The summed E-state index contributed by atoms with van der Waals surface area (Å²) in [5.41, 5.74) is 0.966. The maximum atomic E-state index is 14.2. The predicted octanol–water partition coefficient (Wildman–Crippen LogP) is 11.1. The minimum Gasteiger partial charge on any atom is -0.462 e. The number of hydrogen-bond acceptors (Lipinski definition) is 8. The average molecular weight is 777 g/mol. The first kappa shape index (κ1) is 52.9. The zero-order chi connectivity index (χ0) is 42.5. The molecule has 1 N–H and O–H groups in total. The fourth-order valence-electron chi connectivity index (χ4n) is 7.90. The van der Waals surface area contributed by atoms with Crippen LogP contribution in [0.25, 0.3) is 0 Å². The Morgan fingerprint density at radius 3 is 2.11 bits per heavy atom. The molecule has 320 valence electrons. The molecule has 2 fully saturated rings. The van der Waals surface area contributed by atoms with Crippen LogP contribution in [0.4, 0.5) is 0 Å². The molecule has 1 aliphatic carbocycles. The van der Waals surface area contributed by atoms with Gasteiger partial charge in [-0.2, -0.15) is 0 Å². The topological polar surface area (TPSA) is 92.7 Å². The number of esters is 1. The van der Waals surface area contributed by atoms with E-state index in [1.807, 2.05) is 101 Å². The molecule has 55 heavy (non-hydrogen) atoms. The molecule has 2 saturated heterocycles. The van der Waals surface area contributed by atoms with E-state index in [-0.39, 0.29) is 36.8 Å². The Hall–Kier alpha value is -2.07. The van der Waals surface area contributed by atoms with Gasteiger partial charge >= 0.3 is 5.97 Å². The summed E-state index contributed by atoms with van der Waals surface area (Å²) in [6.07, 6.45) is 14.6.